The Labute approximate surface area is 157 Å². The van der Waals surface area contributed by atoms with Gasteiger partial charge in [0.1, 0.15) is 6.04 Å². The fourth-order valence-corrected chi connectivity index (χ4v) is 4.26. The molecule has 0 spiro atoms. The Balaban J connectivity index is 1.38. The number of benzene rings is 1. The lowest BCUT2D eigenvalue weighted by Gasteiger charge is -2.28. The van der Waals surface area contributed by atoms with E-state index in [0.717, 1.165) is 23.7 Å². The van der Waals surface area contributed by atoms with Crippen molar-refractivity contribution in [3.63, 3.8) is 0 Å². The first-order valence-corrected chi connectivity index (χ1v) is 9.49. The number of fused-ring (bicyclic) bond motifs is 3. The summed E-state index contributed by atoms with van der Waals surface area (Å²) in [5, 5.41) is 1.16. The van der Waals surface area contributed by atoms with Gasteiger partial charge in [0.05, 0.1) is 0 Å². The Bertz CT molecular complexity index is 904. The van der Waals surface area contributed by atoms with Gasteiger partial charge in [-0.25, -0.2) is 0 Å². The van der Waals surface area contributed by atoms with Gasteiger partial charge in [-0.05, 0) is 18.9 Å². The maximum absolute atomic E-state index is 12.7. The molecule has 3 amide bonds. The largest absolute Gasteiger partial charge is 0.368 e. The van der Waals surface area contributed by atoms with Crippen LogP contribution in [0.1, 0.15) is 36.9 Å². The van der Waals surface area contributed by atoms with E-state index in [0.29, 0.717) is 26.1 Å². The monoisotopic (exact) mass is 368 g/mol. The Morgan fingerprint density at radius 2 is 1.89 bits per heavy atom. The van der Waals surface area contributed by atoms with Crippen molar-refractivity contribution in [2.75, 3.05) is 13.1 Å². The fourth-order valence-electron chi connectivity index (χ4n) is 4.26. The van der Waals surface area contributed by atoms with Crippen LogP contribution in [0.15, 0.2) is 24.3 Å². The molecule has 0 aliphatic carbocycles. The minimum atomic E-state index is -0.517. The van der Waals surface area contributed by atoms with Crippen LogP contribution in [0.25, 0.3) is 10.9 Å². The summed E-state index contributed by atoms with van der Waals surface area (Å²) in [7, 11) is 0. The van der Waals surface area contributed by atoms with E-state index >= 15 is 0 Å². The predicted octanol–water partition coefficient (Wildman–Crippen LogP) is 1.31. The van der Waals surface area contributed by atoms with Gasteiger partial charge in [-0.3, -0.25) is 14.4 Å². The van der Waals surface area contributed by atoms with Gasteiger partial charge < -0.3 is 20.5 Å². The average molecular weight is 368 g/mol. The number of likely N-dealkylation sites (tertiary alicyclic amines) is 1. The van der Waals surface area contributed by atoms with Crippen molar-refractivity contribution in [3.05, 3.63) is 35.5 Å². The summed E-state index contributed by atoms with van der Waals surface area (Å²) < 4.78 is 0. The number of primary amides is 1. The summed E-state index contributed by atoms with van der Waals surface area (Å²) in [5.41, 5.74) is 8.83. The van der Waals surface area contributed by atoms with Crippen LogP contribution >= 0.6 is 0 Å². The summed E-state index contributed by atoms with van der Waals surface area (Å²) >= 11 is 0. The molecule has 1 aromatic carbocycles. The van der Waals surface area contributed by atoms with Gasteiger partial charge in [0.2, 0.25) is 17.7 Å². The van der Waals surface area contributed by atoms with Gasteiger partial charge in [-0.2, -0.15) is 0 Å². The highest BCUT2D eigenvalue weighted by Gasteiger charge is 2.33. The molecule has 4 rings (SSSR count). The topological polar surface area (TPSA) is 99.5 Å². The van der Waals surface area contributed by atoms with Crippen molar-refractivity contribution >= 4 is 28.6 Å². The smallest absolute Gasteiger partial charge is 0.240 e. The molecule has 27 heavy (non-hydrogen) atoms. The lowest BCUT2D eigenvalue weighted by Crippen LogP contribution is -2.44. The molecule has 1 atom stereocenters. The van der Waals surface area contributed by atoms with Crippen molar-refractivity contribution in [2.24, 2.45) is 5.73 Å². The highest BCUT2D eigenvalue weighted by Crippen LogP contribution is 2.28. The van der Waals surface area contributed by atoms with E-state index in [1.54, 1.807) is 0 Å². The first-order valence-electron chi connectivity index (χ1n) is 9.49. The van der Waals surface area contributed by atoms with Crippen molar-refractivity contribution in [3.8, 4) is 0 Å². The van der Waals surface area contributed by atoms with E-state index in [2.05, 4.69) is 11.1 Å². The first kappa shape index (κ1) is 17.6. The van der Waals surface area contributed by atoms with Crippen LogP contribution in [0.3, 0.4) is 0 Å². The van der Waals surface area contributed by atoms with Crippen LogP contribution in [0.4, 0.5) is 0 Å². The summed E-state index contributed by atoms with van der Waals surface area (Å²) in [4.78, 5) is 43.3. The Kier molecular flexibility index (Phi) is 4.59. The molecule has 2 aliphatic rings. The SMILES string of the molecule is NC(=O)[C@@H]1CCCN1C(=O)CCC(=O)N1CCc2[nH]c3ccccc3c2C1. The van der Waals surface area contributed by atoms with Gasteiger partial charge in [0.15, 0.2) is 0 Å². The normalized spacial score (nSPS) is 19.3. The average Bonchev–Trinajstić information content (AvgIpc) is 3.30. The summed E-state index contributed by atoms with van der Waals surface area (Å²) in [6.45, 7) is 1.77. The fraction of sp³-hybridized carbons (Fsp3) is 0.450. The van der Waals surface area contributed by atoms with Crippen molar-refractivity contribution in [1.29, 1.82) is 0 Å². The van der Waals surface area contributed by atoms with E-state index < -0.39 is 11.9 Å². The first-order chi connectivity index (χ1) is 13.0. The van der Waals surface area contributed by atoms with Gasteiger partial charge in [0.25, 0.3) is 0 Å². The zero-order valence-corrected chi connectivity index (χ0v) is 15.2. The van der Waals surface area contributed by atoms with Crippen molar-refractivity contribution < 1.29 is 14.4 Å². The summed E-state index contributed by atoms with van der Waals surface area (Å²) in [6.07, 6.45) is 2.48. The van der Waals surface area contributed by atoms with E-state index in [9.17, 15) is 14.4 Å². The highest BCUT2D eigenvalue weighted by molar-refractivity contribution is 5.90. The second-order valence-corrected chi connectivity index (χ2v) is 7.34. The number of amides is 3. The molecule has 1 fully saturated rings. The molecule has 1 saturated heterocycles. The van der Waals surface area contributed by atoms with E-state index in [-0.39, 0.29) is 24.7 Å². The van der Waals surface area contributed by atoms with Crippen LogP contribution in [-0.2, 0) is 27.3 Å². The molecule has 0 unspecified atom stereocenters. The number of nitrogens with zero attached hydrogens (tertiary/aromatic N) is 2. The maximum atomic E-state index is 12.7. The maximum Gasteiger partial charge on any atom is 0.240 e. The molecule has 7 nitrogen and oxygen atoms in total. The third kappa shape index (κ3) is 3.29. The Hall–Kier alpha value is -2.83. The van der Waals surface area contributed by atoms with E-state index in [1.165, 1.54) is 16.2 Å². The molecule has 3 heterocycles. The number of hydrogen-bond acceptors (Lipinski definition) is 3. The second-order valence-electron chi connectivity index (χ2n) is 7.34. The highest BCUT2D eigenvalue weighted by atomic mass is 16.2. The summed E-state index contributed by atoms with van der Waals surface area (Å²) in [5.74, 6) is -0.640. The summed E-state index contributed by atoms with van der Waals surface area (Å²) in [6, 6.07) is 7.59. The van der Waals surface area contributed by atoms with Gasteiger partial charge in [0, 0.05) is 61.1 Å². The standard InChI is InChI=1S/C20H24N4O3/c21-20(27)17-6-3-10-24(17)19(26)8-7-18(25)23-11-9-16-14(12-23)13-4-1-2-5-15(13)22-16/h1-2,4-5,17,22H,3,6-12H2,(H2,21,27)/t17-/m0/s1. The van der Waals surface area contributed by atoms with Crippen LogP contribution in [0.2, 0.25) is 0 Å². The molecule has 2 aliphatic heterocycles. The number of para-hydroxylation sites is 1. The molecule has 3 N–H and O–H groups in total. The molecule has 0 radical (unpaired) electrons. The number of rotatable bonds is 4. The zero-order valence-electron chi connectivity index (χ0n) is 15.2. The third-order valence-corrected chi connectivity index (χ3v) is 5.69. The quantitative estimate of drug-likeness (QED) is 0.851. The zero-order chi connectivity index (χ0) is 19.0. The molecular formula is C20H24N4O3. The third-order valence-electron chi connectivity index (χ3n) is 5.69. The van der Waals surface area contributed by atoms with Crippen LogP contribution < -0.4 is 5.73 Å². The van der Waals surface area contributed by atoms with Gasteiger partial charge >= 0.3 is 0 Å². The number of hydrogen-bond donors (Lipinski definition) is 2. The molecule has 1 aromatic heterocycles. The Morgan fingerprint density at radius 3 is 2.70 bits per heavy atom. The number of H-pyrrole nitrogens is 1. The van der Waals surface area contributed by atoms with Crippen LogP contribution in [0, 0.1) is 0 Å². The van der Waals surface area contributed by atoms with Crippen LogP contribution in [0.5, 0.6) is 0 Å². The second kappa shape index (κ2) is 7.06. The molecule has 142 valence electrons. The Morgan fingerprint density at radius 1 is 1.11 bits per heavy atom. The molecule has 0 saturated carbocycles. The van der Waals surface area contributed by atoms with E-state index in [4.69, 9.17) is 5.73 Å². The predicted molar refractivity (Wildman–Crippen MR) is 101 cm³/mol. The number of nitrogens with two attached hydrogens (primary N) is 1. The molecular weight excluding hydrogens is 344 g/mol. The van der Waals surface area contributed by atoms with E-state index in [1.807, 2.05) is 23.1 Å². The van der Waals surface area contributed by atoms with Crippen molar-refractivity contribution in [1.82, 2.24) is 14.8 Å². The minimum absolute atomic E-state index is 0.0193. The minimum Gasteiger partial charge on any atom is -0.368 e. The lowest BCUT2D eigenvalue weighted by molar-refractivity contribution is -0.140. The van der Waals surface area contributed by atoms with Gasteiger partial charge in [-0.1, -0.05) is 18.2 Å². The molecule has 2 aromatic rings. The molecule has 7 heteroatoms. The molecule has 0 bridgehead atoms. The number of aromatic nitrogens is 1. The number of carbonyl (C=O) groups excluding carboxylic acids is 3. The van der Waals surface area contributed by atoms with Crippen molar-refractivity contribution in [2.45, 2.75) is 44.7 Å². The van der Waals surface area contributed by atoms with Gasteiger partial charge in [-0.15, -0.1) is 0 Å². The van der Waals surface area contributed by atoms with Crippen LogP contribution in [-0.4, -0.2) is 51.6 Å². The number of aromatic amines is 1. The number of carbonyl (C=O) groups is 3. The lowest BCUT2D eigenvalue weighted by atomic mass is 10.0. The number of nitrogens with one attached hydrogen (secondary N) is 1.